The van der Waals surface area contributed by atoms with Crippen LogP contribution in [0.15, 0.2) is 58.3 Å². The van der Waals surface area contributed by atoms with Crippen molar-refractivity contribution >= 4 is 39.3 Å². The molecule has 1 aliphatic heterocycles. The Morgan fingerprint density at radius 3 is 2.59 bits per heavy atom. The number of fused-ring (bicyclic) bond motifs is 1. The van der Waals surface area contributed by atoms with E-state index in [1.165, 1.54) is 11.3 Å². The van der Waals surface area contributed by atoms with E-state index >= 15 is 0 Å². The second-order valence-electron chi connectivity index (χ2n) is 7.56. The number of thiazole rings is 1. The quantitative estimate of drug-likeness (QED) is 0.423. The smallest absolute Gasteiger partial charge is 0.306 e. The number of carbonyl (C=O) groups excluding carboxylic acids is 2. The van der Waals surface area contributed by atoms with Crippen molar-refractivity contribution in [2.75, 3.05) is 38.3 Å². The molecule has 0 aliphatic carbocycles. The fourth-order valence-corrected chi connectivity index (χ4v) is 4.62. The Hall–Kier alpha value is -3.89. The van der Waals surface area contributed by atoms with Gasteiger partial charge in [-0.1, -0.05) is 30.3 Å². The second-order valence-corrected chi connectivity index (χ2v) is 8.39. The zero-order valence-electron chi connectivity index (χ0n) is 18.4. The Morgan fingerprint density at radius 2 is 1.82 bits per heavy atom. The van der Waals surface area contributed by atoms with Crippen LogP contribution in [-0.4, -0.2) is 50.2 Å². The number of carbonyl (C=O) groups is 2. The van der Waals surface area contributed by atoms with Crippen LogP contribution in [0.2, 0.25) is 0 Å². The molecule has 1 fully saturated rings. The molecule has 34 heavy (non-hydrogen) atoms. The second kappa shape index (κ2) is 9.54. The van der Waals surface area contributed by atoms with Crippen molar-refractivity contribution in [3.8, 4) is 16.9 Å². The monoisotopic (exact) mass is 478 g/mol. The van der Waals surface area contributed by atoms with Gasteiger partial charge in [-0.2, -0.15) is 0 Å². The number of hydrazine groups is 1. The highest BCUT2D eigenvalue weighted by molar-refractivity contribution is 7.13. The summed E-state index contributed by atoms with van der Waals surface area (Å²) < 4.78 is 16.5. The molecular formula is C24H22N4O5S. The van der Waals surface area contributed by atoms with E-state index in [-0.39, 0.29) is 11.5 Å². The highest BCUT2D eigenvalue weighted by Crippen LogP contribution is 2.36. The van der Waals surface area contributed by atoms with Gasteiger partial charge in [0.05, 0.1) is 20.3 Å². The van der Waals surface area contributed by atoms with Gasteiger partial charge in [0.15, 0.2) is 5.13 Å². The lowest BCUT2D eigenvalue weighted by molar-refractivity contribution is 0.0830. The normalized spacial score (nSPS) is 13.6. The molecule has 174 valence electrons. The zero-order chi connectivity index (χ0) is 23.5. The van der Waals surface area contributed by atoms with E-state index in [1.807, 2.05) is 42.5 Å². The standard InChI is InChI=1S/C24H22N4O5S/c1-31-16-7-8-17-19(13-16)33-21(20(17)15-5-3-2-4-6-15)23(30)27-26-22(29)18-14-34-24(25-18)28-9-11-32-12-10-28/h2-8,13-14H,9-12H2,1H3,(H,26,29)(H,27,30). The molecular weight excluding hydrogens is 456 g/mol. The predicted molar refractivity (Wildman–Crippen MR) is 128 cm³/mol. The van der Waals surface area contributed by atoms with Gasteiger partial charge in [0.1, 0.15) is 17.0 Å². The first-order chi connectivity index (χ1) is 16.6. The molecule has 0 spiro atoms. The lowest BCUT2D eigenvalue weighted by Gasteiger charge is -2.25. The molecule has 1 saturated heterocycles. The highest BCUT2D eigenvalue weighted by Gasteiger charge is 2.23. The highest BCUT2D eigenvalue weighted by atomic mass is 32.1. The summed E-state index contributed by atoms with van der Waals surface area (Å²) in [5.41, 5.74) is 7.07. The third-order valence-corrected chi connectivity index (χ3v) is 6.36. The van der Waals surface area contributed by atoms with E-state index < -0.39 is 11.8 Å². The lowest BCUT2D eigenvalue weighted by Crippen LogP contribution is -2.42. The number of hydrogen-bond acceptors (Lipinski definition) is 8. The Kier molecular flexibility index (Phi) is 6.15. The molecule has 2 aromatic carbocycles. The van der Waals surface area contributed by atoms with E-state index in [4.69, 9.17) is 13.9 Å². The van der Waals surface area contributed by atoms with Crippen LogP contribution in [0.5, 0.6) is 5.75 Å². The zero-order valence-corrected chi connectivity index (χ0v) is 19.2. The number of hydrogen-bond donors (Lipinski definition) is 2. The predicted octanol–water partition coefficient (Wildman–Crippen LogP) is 3.48. The topological polar surface area (TPSA) is 106 Å². The average molecular weight is 479 g/mol. The maximum Gasteiger partial charge on any atom is 0.306 e. The van der Waals surface area contributed by atoms with Crippen molar-refractivity contribution < 1.29 is 23.5 Å². The van der Waals surface area contributed by atoms with E-state index in [2.05, 4.69) is 20.7 Å². The first kappa shape index (κ1) is 21.9. The Morgan fingerprint density at radius 1 is 1.06 bits per heavy atom. The SMILES string of the molecule is COc1ccc2c(-c3ccccc3)c(C(=O)NNC(=O)c3csc(N4CCOCC4)n3)oc2c1. The molecule has 2 aromatic heterocycles. The Balaban J connectivity index is 1.36. The van der Waals surface area contributed by atoms with E-state index in [0.717, 1.165) is 29.2 Å². The molecule has 0 bridgehead atoms. The summed E-state index contributed by atoms with van der Waals surface area (Å²) in [5, 5.41) is 3.17. The van der Waals surface area contributed by atoms with E-state index in [9.17, 15) is 9.59 Å². The van der Waals surface area contributed by atoms with Crippen molar-refractivity contribution in [3.05, 3.63) is 65.4 Å². The van der Waals surface area contributed by atoms with Crippen molar-refractivity contribution in [3.63, 3.8) is 0 Å². The summed E-state index contributed by atoms with van der Waals surface area (Å²) in [5.74, 6) is -0.392. The molecule has 9 nitrogen and oxygen atoms in total. The number of nitrogens with one attached hydrogen (secondary N) is 2. The van der Waals surface area contributed by atoms with Gasteiger partial charge in [-0.3, -0.25) is 20.4 Å². The molecule has 0 radical (unpaired) electrons. The van der Waals surface area contributed by atoms with Crippen molar-refractivity contribution in [2.24, 2.45) is 0 Å². The third kappa shape index (κ3) is 4.33. The van der Waals surface area contributed by atoms with Crippen LogP contribution in [0.3, 0.4) is 0 Å². The van der Waals surface area contributed by atoms with Crippen LogP contribution >= 0.6 is 11.3 Å². The minimum atomic E-state index is -0.578. The fourth-order valence-electron chi connectivity index (χ4n) is 3.76. The van der Waals surface area contributed by atoms with Crippen LogP contribution in [-0.2, 0) is 4.74 Å². The number of methoxy groups -OCH3 is 1. The molecule has 1 aliphatic rings. The number of ether oxygens (including phenoxy) is 2. The summed E-state index contributed by atoms with van der Waals surface area (Å²) in [6, 6.07) is 14.8. The van der Waals surface area contributed by atoms with Crippen LogP contribution in [0, 0.1) is 0 Å². The fraction of sp³-hybridized carbons (Fsp3) is 0.208. The molecule has 0 atom stereocenters. The van der Waals surface area contributed by atoms with Crippen LogP contribution in [0.1, 0.15) is 21.0 Å². The molecule has 0 unspecified atom stereocenters. The van der Waals surface area contributed by atoms with Crippen molar-refractivity contribution in [1.29, 1.82) is 0 Å². The first-order valence-corrected chi connectivity index (χ1v) is 11.6. The van der Waals surface area contributed by atoms with Crippen molar-refractivity contribution in [1.82, 2.24) is 15.8 Å². The summed E-state index contributed by atoms with van der Waals surface area (Å²) in [7, 11) is 1.56. The molecule has 3 heterocycles. The number of furan rings is 1. The number of nitrogens with zero attached hydrogens (tertiary/aromatic N) is 2. The number of benzene rings is 2. The van der Waals surface area contributed by atoms with Gasteiger partial charge in [-0.05, 0) is 17.7 Å². The van der Waals surface area contributed by atoms with Gasteiger partial charge < -0.3 is 18.8 Å². The number of anilines is 1. The average Bonchev–Trinajstić information content (AvgIpc) is 3.53. The largest absolute Gasteiger partial charge is 0.497 e. The number of morpholine rings is 1. The van der Waals surface area contributed by atoms with Crippen LogP contribution in [0.4, 0.5) is 5.13 Å². The summed E-state index contributed by atoms with van der Waals surface area (Å²) >= 11 is 1.38. The van der Waals surface area contributed by atoms with Crippen LogP contribution < -0.4 is 20.5 Å². The van der Waals surface area contributed by atoms with Gasteiger partial charge in [0, 0.05) is 35.5 Å². The van der Waals surface area contributed by atoms with E-state index in [0.29, 0.717) is 30.1 Å². The summed E-state index contributed by atoms with van der Waals surface area (Å²) in [6.45, 7) is 2.71. The molecule has 2 amide bonds. The molecule has 4 aromatic rings. The summed E-state index contributed by atoms with van der Waals surface area (Å²) in [6.07, 6.45) is 0. The molecule has 5 rings (SSSR count). The number of rotatable bonds is 5. The minimum Gasteiger partial charge on any atom is -0.497 e. The van der Waals surface area contributed by atoms with E-state index in [1.54, 1.807) is 18.6 Å². The van der Waals surface area contributed by atoms with Gasteiger partial charge in [-0.15, -0.1) is 11.3 Å². The maximum atomic E-state index is 13.1. The lowest BCUT2D eigenvalue weighted by atomic mass is 10.0. The van der Waals surface area contributed by atoms with Gasteiger partial charge in [0.2, 0.25) is 5.76 Å². The van der Waals surface area contributed by atoms with Crippen molar-refractivity contribution in [2.45, 2.75) is 0 Å². The van der Waals surface area contributed by atoms with Crippen LogP contribution in [0.25, 0.3) is 22.1 Å². The Bertz CT molecular complexity index is 1330. The maximum absolute atomic E-state index is 13.1. The third-order valence-electron chi connectivity index (χ3n) is 5.46. The molecule has 10 heteroatoms. The number of amides is 2. The minimum absolute atomic E-state index is 0.0852. The number of aromatic nitrogens is 1. The molecule has 2 N–H and O–H groups in total. The first-order valence-electron chi connectivity index (χ1n) is 10.7. The Labute approximate surface area is 199 Å². The molecule has 0 saturated carbocycles. The van der Waals surface area contributed by atoms with Gasteiger partial charge in [0.25, 0.3) is 5.91 Å². The summed E-state index contributed by atoms with van der Waals surface area (Å²) in [4.78, 5) is 32.1. The van der Waals surface area contributed by atoms with Gasteiger partial charge >= 0.3 is 5.91 Å². The van der Waals surface area contributed by atoms with Gasteiger partial charge in [-0.25, -0.2) is 4.98 Å².